The lowest BCUT2D eigenvalue weighted by atomic mass is 9.78. The topological polar surface area (TPSA) is 29.5 Å². The Balaban J connectivity index is 1.97. The van der Waals surface area contributed by atoms with Crippen molar-refractivity contribution in [2.24, 2.45) is 5.92 Å². The standard InChI is InChI=1S/C16H23NO2S/c1-10(2)17-11-6-7-13(17)15(14-5-4-8-20-14)12(9-11)16(18)19-3/h4-5,8,10-13,15H,6-7,9H2,1-3H3/t11-,12+,13-,15+/m1/s1. The van der Waals surface area contributed by atoms with Crippen LogP contribution in [0.1, 0.15) is 43.9 Å². The molecule has 0 amide bonds. The van der Waals surface area contributed by atoms with Gasteiger partial charge in [-0.2, -0.15) is 0 Å². The molecular weight excluding hydrogens is 270 g/mol. The van der Waals surface area contributed by atoms with Gasteiger partial charge in [0.15, 0.2) is 0 Å². The summed E-state index contributed by atoms with van der Waals surface area (Å²) in [5, 5.41) is 2.12. The molecule has 2 bridgehead atoms. The van der Waals surface area contributed by atoms with Gasteiger partial charge in [0.25, 0.3) is 0 Å². The summed E-state index contributed by atoms with van der Waals surface area (Å²) in [6.07, 6.45) is 3.38. The fraction of sp³-hybridized carbons (Fsp3) is 0.688. The van der Waals surface area contributed by atoms with Crippen LogP contribution in [0.5, 0.6) is 0 Å². The highest BCUT2D eigenvalue weighted by atomic mass is 32.1. The Morgan fingerprint density at radius 2 is 2.25 bits per heavy atom. The molecule has 0 radical (unpaired) electrons. The molecule has 20 heavy (non-hydrogen) atoms. The maximum Gasteiger partial charge on any atom is 0.309 e. The van der Waals surface area contributed by atoms with Crippen molar-refractivity contribution >= 4 is 17.3 Å². The molecule has 2 aliphatic heterocycles. The van der Waals surface area contributed by atoms with E-state index in [9.17, 15) is 4.79 Å². The Hall–Kier alpha value is -0.870. The number of thiophene rings is 1. The second-order valence-electron chi connectivity index (χ2n) is 6.25. The van der Waals surface area contributed by atoms with Crippen LogP contribution in [0.3, 0.4) is 0 Å². The number of carbonyl (C=O) groups is 1. The van der Waals surface area contributed by atoms with Gasteiger partial charge in [0.05, 0.1) is 13.0 Å². The summed E-state index contributed by atoms with van der Waals surface area (Å²) < 4.78 is 5.09. The highest BCUT2D eigenvalue weighted by Crippen LogP contribution is 2.49. The average molecular weight is 293 g/mol. The predicted octanol–water partition coefficient (Wildman–Crippen LogP) is 3.27. The minimum atomic E-state index is -0.0243. The van der Waals surface area contributed by atoms with Crippen LogP contribution in [0.15, 0.2) is 17.5 Å². The monoisotopic (exact) mass is 293 g/mol. The molecule has 0 unspecified atom stereocenters. The zero-order chi connectivity index (χ0) is 14.3. The Labute approximate surface area is 124 Å². The van der Waals surface area contributed by atoms with Crippen LogP contribution in [-0.4, -0.2) is 36.1 Å². The van der Waals surface area contributed by atoms with Crippen molar-refractivity contribution in [3.05, 3.63) is 22.4 Å². The first-order chi connectivity index (χ1) is 9.63. The number of hydrogen-bond donors (Lipinski definition) is 0. The molecule has 1 aromatic heterocycles. The molecule has 2 aliphatic rings. The molecule has 4 atom stereocenters. The third-order valence-electron chi connectivity index (χ3n) is 4.95. The first-order valence-electron chi connectivity index (χ1n) is 7.52. The van der Waals surface area contributed by atoms with Gasteiger partial charge in [-0.1, -0.05) is 6.07 Å². The molecule has 0 spiro atoms. The lowest BCUT2D eigenvalue weighted by molar-refractivity contribution is -0.149. The summed E-state index contributed by atoms with van der Waals surface area (Å²) in [7, 11) is 1.52. The van der Waals surface area contributed by atoms with E-state index < -0.39 is 0 Å². The third kappa shape index (κ3) is 2.19. The number of esters is 1. The second-order valence-corrected chi connectivity index (χ2v) is 7.23. The van der Waals surface area contributed by atoms with Crippen molar-refractivity contribution in [1.82, 2.24) is 4.90 Å². The minimum absolute atomic E-state index is 0.0243. The molecular formula is C16H23NO2S. The van der Waals surface area contributed by atoms with E-state index >= 15 is 0 Å². The van der Waals surface area contributed by atoms with Gasteiger partial charge in [-0.25, -0.2) is 0 Å². The van der Waals surface area contributed by atoms with Crippen molar-refractivity contribution in [3.63, 3.8) is 0 Å². The first-order valence-corrected chi connectivity index (χ1v) is 8.40. The minimum Gasteiger partial charge on any atom is -0.469 e. The molecule has 1 aromatic rings. The van der Waals surface area contributed by atoms with Gasteiger partial charge in [0.2, 0.25) is 0 Å². The van der Waals surface area contributed by atoms with Crippen molar-refractivity contribution < 1.29 is 9.53 Å². The van der Waals surface area contributed by atoms with E-state index in [1.54, 1.807) is 11.3 Å². The molecule has 4 heteroatoms. The molecule has 0 aromatic carbocycles. The molecule has 2 saturated heterocycles. The maximum atomic E-state index is 12.2. The van der Waals surface area contributed by atoms with Gasteiger partial charge >= 0.3 is 5.97 Å². The van der Waals surface area contributed by atoms with Crippen molar-refractivity contribution in [3.8, 4) is 0 Å². The van der Waals surface area contributed by atoms with Crippen LogP contribution in [0, 0.1) is 5.92 Å². The summed E-state index contributed by atoms with van der Waals surface area (Å²) in [6.45, 7) is 4.55. The molecule has 3 rings (SSSR count). The number of nitrogens with zero attached hydrogens (tertiary/aromatic N) is 1. The molecule has 0 aliphatic carbocycles. The molecule has 2 fully saturated rings. The summed E-state index contributed by atoms with van der Waals surface area (Å²) in [5.41, 5.74) is 0. The van der Waals surface area contributed by atoms with Gasteiger partial charge in [-0.05, 0) is 44.6 Å². The Kier molecular flexibility index (Phi) is 3.87. The first kappa shape index (κ1) is 14.1. The Morgan fingerprint density at radius 1 is 1.45 bits per heavy atom. The van der Waals surface area contributed by atoms with Crippen molar-refractivity contribution in [2.45, 2.75) is 57.2 Å². The number of carbonyl (C=O) groups excluding carboxylic acids is 1. The summed E-state index contributed by atoms with van der Waals surface area (Å²) in [4.78, 5) is 16.2. The fourth-order valence-electron chi connectivity index (χ4n) is 4.31. The predicted molar refractivity (Wildman–Crippen MR) is 81.0 cm³/mol. The average Bonchev–Trinajstić information content (AvgIpc) is 3.05. The van der Waals surface area contributed by atoms with Crippen molar-refractivity contribution in [1.29, 1.82) is 0 Å². The van der Waals surface area contributed by atoms with E-state index in [4.69, 9.17) is 4.74 Å². The third-order valence-corrected chi connectivity index (χ3v) is 5.92. The van der Waals surface area contributed by atoms with Gasteiger partial charge < -0.3 is 4.74 Å². The number of piperidine rings is 1. The van der Waals surface area contributed by atoms with E-state index in [0.29, 0.717) is 24.0 Å². The summed E-state index contributed by atoms with van der Waals surface area (Å²) in [5.74, 6) is 0.318. The van der Waals surface area contributed by atoms with E-state index in [0.717, 1.165) is 6.42 Å². The van der Waals surface area contributed by atoms with E-state index in [2.05, 4.69) is 36.3 Å². The van der Waals surface area contributed by atoms with Crippen LogP contribution in [-0.2, 0) is 9.53 Å². The Morgan fingerprint density at radius 3 is 2.85 bits per heavy atom. The molecule has 110 valence electrons. The van der Waals surface area contributed by atoms with Gasteiger partial charge in [0, 0.05) is 28.9 Å². The number of rotatable bonds is 3. The largest absolute Gasteiger partial charge is 0.469 e. The number of methoxy groups -OCH3 is 1. The summed E-state index contributed by atoms with van der Waals surface area (Å²) >= 11 is 1.78. The molecule has 3 heterocycles. The van der Waals surface area contributed by atoms with Crippen LogP contribution in [0.4, 0.5) is 0 Å². The SMILES string of the molecule is COC(=O)[C@H]1C[C@H]2CC[C@H]([C@H]1c1cccs1)N2C(C)C. The zero-order valence-corrected chi connectivity index (χ0v) is 13.2. The normalized spacial score (nSPS) is 33.6. The highest BCUT2D eigenvalue weighted by Gasteiger charge is 2.51. The van der Waals surface area contributed by atoms with Crippen LogP contribution in [0.25, 0.3) is 0 Å². The van der Waals surface area contributed by atoms with Crippen molar-refractivity contribution in [2.75, 3.05) is 7.11 Å². The maximum absolute atomic E-state index is 12.2. The van der Waals surface area contributed by atoms with Gasteiger partial charge in [0.1, 0.15) is 0 Å². The van der Waals surface area contributed by atoms with Crippen LogP contribution < -0.4 is 0 Å². The lowest BCUT2D eigenvalue weighted by Crippen LogP contribution is -2.52. The smallest absolute Gasteiger partial charge is 0.309 e. The van der Waals surface area contributed by atoms with E-state index in [-0.39, 0.29) is 11.9 Å². The van der Waals surface area contributed by atoms with Gasteiger partial charge in [-0.15, -0.1) is 11.3 Å². The van der Waals surface area contributed by atoms with E-state index in [1.807, 2.05) is 0 Å². The molecule has 0 N–H and O–H groups in total. The fourth-order valence-corrected chi connectivity index (χ4v) is 5.26. The second kappa shape index (κ2) is 5.49. The summed E-state index contributed by atoms with van der Waals surface area (Å²) in [6, 6.07) is 5.88. The van der Waals surface area contributed by atoms with Gasteiger partial charge in [-0.3, -0.25) is 9.69 Å². The number of fused-ring (bicyclic) bond motifs is 2. The van der Waals surface area contributed by atoms with Crippen LogP contribution in [0.2, 0.25) is 0 Å². The molecule has 0 saturated carbocycles. The van der Waals surface area contributed by atoms with E-state index in [1.165, 1.54) is 24.8 Å². The number of hydrogen-bond acceptors (Lipinski definition) is 4. The lowest BCUT2D eigenvalue weighted by Gasteiger charge is -2.45. The zero-order valence-electron chi connectivity index (χ0n) is 12.4. The Bertz CT molecular complexity index is 471. The van der Waals surface area contributed by atoms with Crippen LogP contribution >= 0.6 is 11.3 Å². The highest BCUT2D eigenvalue weighted by molar-refractivity contribution is 7.10. The quantitative estimate of drug-likeness (QED) is 0.801. The molecule has 3 nitrogen and oxygen atoms in total. The number of ether oxygens (including phenoxy) is 1.